The number of hydrogen-bond acceptors (Lipinski definition) is 3. The molecule has 0 bridgehead atoms. The fraction of sp³-hybridized carbons (Fsp3) is 0.846. The number of carbonyl (C=O) groups excluding carboxylic acids is 2. The second-order valence-electron chi connectivity index (χ2n) is 4.90. The van der Waals surface area contributed by atoms with Crippen LogP contribution in [0.2, 0.25) is 0 Å². The van der Waals surface area contributed by atoms with Gasteiger partial charge in [-0.15, -0.1) is 0 Å². The molecule has 1 fully saturated rings. The van der Waals surface area contributed by atoms with Gasteiger partial charge in [0, 0.05) is 25.7 Å². The minimum Gasteiger partial charge on any atom is -0.377 e. The highest BCUT2D eigenvalue weighted by Crippen LogP contribution is 2.11. The molecule has 6 heteroatoms. The van der Waals surface area contributed by atoms with E-state index < -0.39 is 6.04 Å². The summed E-state index contributed by atoms with van der Waals surface area (Å²) in [5, 5.41) is 2.84. The summed E-state index contributed by atoms with van der Waals surface area (Å²) in [7, 11) is 0. The van der Waals surface area contributed by atoms with Crippen molar-refractivity contribution in [2.45, 2.75) is 39.8 Å². The van der Waals surface area contributed by atoms with Gasteiger partial charge in [0.25, 0.3) is 0 Å². The first-order valence-corrected chi connectivity index (χ1v) is 6.94. The van der Waals surface area contributed by atoms with Crippen LogP contribution in [-0.4, -0.2) is 66.7 Å². The normalized spacial score (nSPS) is 19.4. The van der Waals surface area contributed by atoms with Gasteiger partial charge in [-0.3, -0.25) is 4.79 Å². The van der Waals surface area contributed by atoms with E-state index in [4.69, 9.17) is 4.74 Å². The first kappa shape index (κ1) is 15.8. The second kappa shape index (κ2) is 7.33. The summed E-state index contributed by atoms with van der Waals surface area (Å²) in [5.74, 6) is -0.143. The lowest BCUT2D eigenvalue weighted by Crippen LogP contribution is -2.59. The highest BCUT2D eigenvalue weighted by Gasteiger charge is 2.34. The Morgan fingerprint density at radius 1 is 1.37 bits per heavy atom. The van der Waals surface area contributed by atoms with Crippen molar-refractivity contribution in [3.8, 4) is 0 Å². The third kappa shape index (κ3) is 4.09. The molecule has 1 saturated heterocycles. The third-order valence-electron chi connectivity index (χ3n) is 3.14. The molecule has 0 saturated carbocycles. The summed E-state index contributed by atoms with van der Waals surface area (Å²) in [5.41, 5.74) is 0. The number of nitrogens with one attached hydrogen (secondary N) is 1. The summed E-state index contributed by atoms with van der Waals surface area (Å²) in [6, 6.07) is -0.554. The molecule has 110 valence electrons. The zero-order valence-corrected chi connectivity index (χ0v) is 12.3. The number of rotatable bonds is 4. The minimum absolute atomic E-state index is 0.0554. The van der Waals surface area contributed by atoms with E-state index in [2.05, 4.69) is 5.32 Å². The number of carbonyl (C=O) groups is 2. The van der Waals surface area contributed by atoms with E-state index in [1.54, 1.807) is 9.80 Å². The highest BCUT2D eigenvalue weighted by molar-refractivity contribution is 5.87. The number of morpholine rings is 1. The molecule has 19 heavy (non-hydrogen) atoms. The Morgan fingerprint density at radius 3 is 2.53 bits per heavy atom. The van der Waals surface area contributed by atoms with E-state index in [0.717, 1.165) is 0 Å². The van der Waals surface area contributed by atoms with Crippen molar-refractivity contribution >= 4 is 11.9 Å². The highest BCUT2D eigenvalue weighted by atomic mass is 16.5. The van der Waals surface area contributed by atoms with Crippen molar-refractivity contribution in [3.05, 3.63) is 0 Å². The number of hydrogen-bond donors (Lipinski definition) is 1. The maximum atomic E-state index is 12.4. The van der Waals surface area contributed by atoms with Crippen LogP contribution < -0.4 is 5.32 Å². The van der Waals surface area contributed by atoms with Crippen LogP contribution in [0, 0.1) is 0 Å². The fourth-order valence-electron chi connectivity index (χ4n) is 2.11. The summed E-state index contributed by atoms with van der Waals surface area (Å²) in [6.07, 6.45) is 0. The van der Waals surface area contributed by atoms with Gasteiger partial charge < -0.3 is 19.9 Å². The van der Waals surface area contributed by atoms with E-state index in [-0.39, 0.29) is 24.6 Å². The molecule has 1 aliphatic heterocycles. The van der Waals surface area contributed by atoms with Gasteiger partial charge in [-0.05, 0) is 27.7 Å². The average molecular weight is 271 g/mol. The number of urea groups is 1. The average Bonchev–Trinajstić information content (AvgIpc) is 2.39. The molecule has 1 unspecified atom stereocenters. The maximum Gasteiger partial charge on any atom is 0.320 e. The number of nitrogens with zero attached hydrogens (tertiary/aromatic N) is 2. The lowest BCUT2D eigenvalue weighted by Gasteiger charge is -2.37. The molecule has 0 radical (unpaired) electrons. The SMILES string of the molecule is CCN(CC)C(=O)N1CCOCC1C(=O)NC(C)C. The summed E-state index contributed by atoms with van der Waals surface area (Å²) < 4.78 is 5.34. The Balaban J connectivity index is 2.77. The van der Waals surface area contributed by atoms with E-state index in [9.17, 15) is 9.59 Å². The molecule has 1 atom stereocenters. The van der Waals surface area contributed by atoms with Gasteiger partial charge in [-0.25, -0.2) is 4.79 Å². The second-order valence-corrected chi connectivity index (χ2v) is 4.90. The van der Waals surface area contributed by atoms with Crippen molar-refractivity contribution in [1.82, 2.24) is 15.1 Å². The van der Waals surface area contributed by atoms with Crippen LogP contribution in [0.15, 0.2) is 0 Å². The van der Waals surface area contributed by atoms with Crippen LogP contribution in [0.1, 0.15) is 27.7 Å². The third-order valence-corrected chi connectivity index (χ3v) is 3.14. The van der Waals surface area contributed by atoms with Crippen LogP contribution in [0.5, 0.6) is 0 Å². The van der Waals surface area contributed by atoms with E-state index in [1.807, 2.05) is 27.7 Å². The molecule has 1 N–H and O–H groups in total. The molecule has 3 amide bonds. The van der Waals surface area contributed by atoms with Gasteiger partial charge in [0.05, 0.1) is 13.2 Å². The van der Waals surface area contributed by atoms with Gasteiger partial charge in [-0.1, -0.05) is 0 Å². The zero-order valence-electron chi connectivity index (χ0n) is 12.3. The van der Waals surface area contributed by atoms with Crippen LogP contribution in [-0.2, 0) is 9.53 Å². The minimum atomic E-state index is -0.524. The molecule has 0 aromatic carbocycles. The molecule has 0 spiro atoms. The molecule has 1 rings (SSSR count). The van der Waals surface area contributed by atoms with E-state index in [1.165, 1.54) is 0 Å². The Kier molecular flexibility index (Phi) is 6.08. The van der Waals surface area contributed by atoms with Crippen LogP contribution in [0.4, 0.5) is 4.79 Å². The van der Waals surface area contributed by atoms with Gasteiger partial charge in [0.2, 0.25) is 5.91 Å². The van der Waals surface area contributed by atoms with Gasteiger partial charge >= 0.3 is 6.03 Å². The number of amides is 3. The zero-order chi connectivity index (χ0) is 14.4. The first-order valence-electron chi connectivity index (χ1n) is 6.94. The van der Waals surface area contributed by atoms with Crippen molar-refractivity contribution in [2.24, 2.45) is 0 Å². The van der Waals surface area contributed by atoms with Crippen LogP contribution >= 0.6 is 0 Å². The van der Waals surface area contributed by atoms with Gasteiger partial charge in [-0.2, -0.15) is 0 Å². The topological polar surface area (TPSA) is 61.9 Å². The molecular formula is C13H25N3O3. The van der Waals surface area contributed by atoms with Crippen molar-refractivity contribution in [1.29, 1.82) is 0 Å². The molecule has 1 heterocycles. The lowest BCUT2D eigenvalue weighted by molar-refractivity contribution is -0.131. The van der Waals surface area contributed by atoms with Gasteiger partial charge in [0.15, 0.2) is 0 Å². The van der Waals surface area contributed by atoms with Gasteiger partial charge in [0.1, 0.15) is 6.04 Å². The predicted molar refractivity (Wildman–Crippen MR) is 72.9 cm³/mol. The van der Waals surface area contributed by atoms with E-state index >= 15 is 0 Å². The summed E-state index contributed by atoms with van der Waals surface area (Å²) in [6.45, 7) is 10.2. The molecule has 6 nitrogen and oxygen atoms in total. The predicted octanol–water partition coefficient (Wildman–Crippen LogP) is 0.674. The number of ether oxygens (including phenoxy) is 1. The largest absolute Gasteiger partial charge is 0.377 e. The smallest absolute Gasteiger partial charge is 0.320 e. The van der Waals surface area contributed by atoms with Crippen molar-refractivity contribution in [2.75, 3.05) is 32.8 Å². The molecule has 0 aromatic heterocycles. The van der Waals surface area contributed by atoms with Crippen LogP contribution in [0.25, 0.3) is 0 Å². The van der Waals surface area contributed by atoms with Crippen molar-refractivity contribution in [3.63, 3.8) is 0 Å². The first-order chi connectivity index (χ1) is 9.01. The van der Waals surface area contributed by atoms with Crippen LogP contribution in [0.3, 0.4) is 0 Å². The lowest BCUT2D eigenvalue weighted by atomic mass is 10.2. The molecule has 1 aliphatic rings. The Labute approximate surface area is 115 Å². The van der Waals surface area contributed by atoms with Crippen molar-refractivity contribution < 1.29 is 14.3 Å². The van der Waals surface area contributed by atoms with E-state index in [0.29, 0.717) is 26.2 Å². The molecular weight excluding hydrogens is 246 g/mol. The molecule has 0 aliphatic carbocycles. The standard InChI is InChI=1S/C13H25N3O3/c1-5-15(6-2)13(18)16-7-8-19-9-11(16)12(17)14-10(3)4/h10-11H,5-9H2,1-4H3,(H,14,17). The fourth-order valence-corrected chi connectivity index (χ4v) is 2.11. The Bertz CT molecular complexity index is 316. The summed E-state index contributed by atoms with van der Waals surface area (Å²) in [4.78, 5) is 27.8. The molecule has 0 aromatic rings. The summed E-state index contributed by atoms with van der Waals surface area (Å²) >= 11 is 0. The quantitative estimate of drug-likeness (QED) is 0.817. The Morgan fingerprint density at radius 2 is 2.00 bits per heavy atom. The monoisotopic (exact) mass is 271 g/mol. The Hall–Kier alpha value is -1.30. The maximum absolute atomic E-state index is 12.4.